The predicted molar refractivity (Wildman–Crippen MR) is 151 cm³/mol. The molecule has 0 radical (unpaired) electrons. The van der Waals surface area contributed by atoms with Gasteiger partial charge in [-0.2, -0.15) is 0 Å². The van der Waals surface area contributed by atoms with E-state index in [1.54, 1.807) is 0 Å². The number of anilines is 1. The zero-order valence-electron chi connectivity index (χ0n) is 23.0. The zero-order chi connectivity index (χ0) is 27.4. The molecule has 0 saturated carbocycles. The highest BCUT2D eigenvalue weighted by Gasteiger charge is 2.16. The Labute approximate surface area is 222 Å². The Kier molecular flexibility index (Phi) is 7.80. The van der Waals surface area contributed by atoms with Crippen molar-refractivity contribution < 1.29 is 9.53 Å². The van der Waals surface area contributed by atoms with Crippen molar-refractivity contribution in [2.75, 3.05) is 18.4 Å². The van der Waals surface area contributed by atoms with Crippen molar-refractivity contribution in [2.24, 2.45) is 7.05 Å². The average Bonchev–Trinajstić information content (AvgIpc) is 3.41. The standard InChI is InChI=1S/C28H36N8O2/c1-8-22-21(17-18(2)25-32-20-13-9-10-14-23(20)35(25)7)31-24(26-34-33-19(3)36(22)26)29-15-11-12-16-30-27(37)38-28(4,5)6/h8-10,13-14,17H,2,11-12,15-16H2,1,3-7H3,(H,29,31)(H,30,37)/b21-17+,22-8+. The summed E-state index contributed by atoms with van der Waals surface area (Å²) in [5.41, 5.74) is 2.87. The molecular formula is C28H36N8O2. The number of hydrogen-bond acceptors (Lipinski definition) is 7. The van der Waals surface area contributed by atoms with E-state index in [4.69, 9.17) is 14.7 Å². The van der Waals surface area contributed by atoms with Crippen molar-refractivity contribution in [1.82, 2.24) is 34.4 Å². The minimum Gasteiger partial charge on any atom is -0.444 e. The minimum atomic E-state index is -0.509. The van der Waals surface area contributed by atoms with Gasteiger partial charge in [-0.05, 0) is 65.7 Å². The molecule has 0 unspecified atom stereocenters. The molecule has 3 heterocycles. The van der Waals surface area contributed by atoms with E-state index in [0.717, 1.165) is 51.8 Å². The summed E-state index contributed by atoms with van der Waals surface area (Å²) in [5, 5.41) is 16.5. The van der Waals surface area contributed by atoms with Crippen LogP contribution in [0.4, 0.5) is 10.6 Å². The van der Waals surface area contributed by atoms with Crippen molar-refractivity contribution in [3.8, 4) is 0 Å². The van der Waals surface area contributed by atoms with E-state index in [1.807, 2.05) is 87.1 Å². The number of unbranched alkanes of at least 4 members (excludes halogenated alkanes) is 1. The number of rotatable bonds is 8. The van der Waals surface area contributed by atoms with E-state index < -0.39 is 11.7 Å². The summed E-state index contributed by atoms with van der Waals surface area (Å²) in [5.74, 6) is 2.19. The van der Waals surface area contributed by atoms with E-state index >= 15 is 0 Å². The number of para-hydroxylation sites is 2. The van der Waals surface area contributed by atoms with Crippen LogP contribution < -0.4 is 21.3 Å². The fourth-order valence-corrected chi connectivity index (χ4v) is 4.27. The third-order valence-electron chi connectivity index (χ3n) is 6.00. The lowest BCUT2D eigenvalue weighted by Crippen LogP contribution is -2.36. The normalized spacial score (nSPS) is 12.9. The van der Waals surface area contributed by atoms with Crippen LogP contribution in [0.3, 0.4) is 0 Å². The Morgan fingerprint density at radius 2 is 1.87 bits per heavy atom. The third-order valence-corrected chi connectivity index (χ3v) is 6.00. The van der Waals surface area contributed by atoms with E-state index in [2.05, 4.69) is 27.4 Å². The average molecular weight is 517 g/mol. The monoisotopic (exact) mass is 516 g/mol. The Hall–Kier alpha value is -4.21. The number of amides is 1. The van der Waals surface area contributed by atoms with Crippen LogP contribution in [0.15, 0.2) is 30.8 Å². The maximum atomic E-state index is 11.8. The second kappa shape index (κ2) is 11.0. The number of alkyl carbamates (subject to hydrolysis) is 1. The van der Waals surface area contributed by atoms with E-state index in [0.29, 0.717) is 24.6 Å². The largest absolute Gasteiger partial charge is 0.444 e. The highest BCUT2D eigenvalue weighted by atomic mass is 16.6. The lowest BCUT2D eigenvalue weighted by molar-refractivity contribution is 0.0527. The number of hydrogen-bond donors (Lipinski definition) is 2. The fraction of sp³-hybridized carbons (Fsp3) is 0.393. The molecule has 1 amide bonds. The second-order valence-corrected chi connectivity index (χ2v) is 10.1. The van der Waals surface area contributed by atoms with Gasteiger partial charge in [0.25, 0.3) is 0 Å². The molecule has 0 aliphatic carbocycles. The molecule has 10 heteroatoms. The number of nitrogens with one attached hydrogen (secondary N) is 2. The molecule has 3 aromatic heterocycles. The molecule has 0 bridgehead atoms. The summed E-state index contributed by atoms with van der Waals surface area (Å²) >= 11 is 0. The molecule has 4 aromatic rings. The van der Waals surface area contributed by atoms with Crippen LogP contribution in [0.2, 0.25) is 0 Å². The van der Waals surface area contributed by atoms with Gasteiger partial charge in [-0.1, -0.05) is 24.8 Å². The van der Waals surface area contributed by atoms with Gasteiger partial charge in [-0.3, -0.25) is 4.40 Å². The molecule has 0 aliphatic rings. The van der Waals surface area contributed by atoms with Crippen LogP contribution in [0.25, 0.3) is 34.4 Å². The lowest BCUT2D eigenvalue weighted by Gasteiger charge is -2.19. The van der Waals surface area contributed by atoms with Crippen LogP contribution in [0.5, 0.6) is 0 Å². The highest BCUT2D eigenvalue weighted by molar-refractivity contribution is 5.88. The topological polar surface area (TPSA) is 111 Å². The van der Waals surface area contributed by atoms with Crippen molar-refractivity contribution in [3.05, 3.63) is 53.2 Å². The van der Waals surface area contributed by atoms with Crippen LogP contribution >= 0.6 is 0 Å². The highest BCUT2D eigenvalue weighted by Crippen LogP contribution is 2.20. The Morgan fingerprint density at radius 3 is 2.58 bits per heavy atom. The molecule has 0 atom stereocenters. The number of benzene rings is 1. The molecule has 10 nitrogen and oxygen atoms in total. The van der Waals surface area contributed by atoms with Gasteiger partial charge in [0.2, 0.25) is 5.65 Å². The molecule has 0 fully saturated rings. The Morgan fingerprint density at radius 1 is 1.13 bits per heavy atom. The molecule has 38 heavy (non-hydrogen) atoms. The van der Waals surface area contributed by atoms with Crippen LogP contribution in [-0.2, 0) is 11.8 Å². The molecular weight excluding hydrogens is 480 g/mol. The molecule has 0 spiro atoms. The van der Waals surface area contributed by atoms with E-state index in [-0.39, 0.29) is 0 Å². The van der Waals surface area contributed by atoms with E-state index in [1.165, 1.54) is 0 Å². The first-order valence-electron chi connectivity index (χ1n) is 12.8. The Balaban J connectivity index is 1.55. The zero-order valence-corrected chi connectivity index (χ0v) is 23.0. The summed E-state index contributed by atoms with van der Waals surface area (Å²) in [6, 6.07) is 8.01. The van der Waals surface area contributed by atoms with Gasteiger partial charge >= 0.3 is 6.09 Å². The molecule has 0 saturated heterocycles. The first-order valence-corrected chi connectivity index (χ1v) is 12.8. The number of ether oxygens (including phenoxy) is 1. The number of fused-ring (bicyclic) bond motifs is 2. The van der Waals surface area contributed by atoms with Gasteiger partial charge in [0.15, 0.2) is 5.82 Å². The Bertz CT molecular complexity index is 1610. The number of imidazole rings is 1. The van der Waals surface area contributed by atoms with Crippen LogP contribution in [0.1, 0.15) is 52.2 Å². The lowest BCUT2D eigenvalue weighted by atomic mass is 10.2. The van der Waals surface area contributed by atoms with Gasteiger partial charge < -0.3 is 19.9 Å². The number of carbonyl (C=O) groups excluding carboxylic acids is 1. The maximum absolute atomic E-state index is 11.8. The number of aromatic nitrogens is 6. The summed E-state index contributed by atoms with van der Waals surface area (Å²) in [4.78, 5) is 21.5. The summed E-state index contributed by atoms with van der Waals surface area (Å²) in [7, 11) is 1.99. The fourth-order valence-electron chi connectivity index (χ4n) is 4.27. The molecule has 2 N–H and O–H groups in total. The molecule has 4 rings (SSSR count). The first kappa shape index (κ1) is 26.8. The van der Waals surface area contributed by atoms with Crippen molar-refractivity contribution in [3.63, 3.8) is 0 Å². The quantitative estimate of drug-likeness (QED) is 0.346. The van der Waals surface area contributed by atoms with Gasteiger partial charge in [0.05, 0.1) is 21.7 Å². The number of carbonyl (C=O) groups is 1. The van der Waals surface area contributed by atoms with Crippen molar-refractivity contribution >= 4 is 46.3 Å². The predicted octanol–water partition coefficient (Wildman–Crippen LogP) is 3.33. The number of allylic oxidation sites excluding steroid dienone is 1. The van der Waals surface area contributed by atoms with Gasteiger partial charge in [0.1, 0.15) is 17.2 Å². The SMILES string of the molecule is C=C(/C=c1/nc(NCCCCNC(=O)OC(C)(C)C)c2nnc(C)n2/c1=C/C)c1nc2ccccc2n1C. The molecule has 0 aliphatic heterocycles. The van der Waals surface area contributed by atoms with Crippen molar-refractivity contribution in [1.29, 1.82) is 0 Å². The van der Waals surface area contributed by atoms with E-state index in [9.17, 15) is 4.79 Å². The van der Waals surface area contributed by atoms with Gasteiger partial charge in [0, 0.05) is 25.7 Å². The van der Waals surface area contributed by atoms with Crippen molar-refractivity contribution in [2.45, 2.75) is 53.1 Å². The summed E-state index contributed by atoms with van der Waals surface area (Å²) in [6.45, 7) is 14.9. The van der Waals surface area contributed by atoms with Gasteiger partial charge in [-0.15, -0.1) is 10.2 Å². The summed E-state index contributed by atoms with van der Waals surface area (Å²) < 4.78 is 9.31. The van der Waals surface area contributed by atoms with Crippen LogP contribution in [0, 0.1) is 6.92 Å². The molecule has 1 aromatic carbocycles. The second-order valence-electron chi connectivity index (χ2n) is 10.1. The number of nitrogens with zero attached hydrogens (tertiary/aromatic N) is 6. The third kappa shape index (κ3) is 5.85. The smallest absolute Gasteiger partial charge is 0.407 e. The first-order chi connectivity index (χ1) is 18.1. The van der Waals surface area contributed by atoms with Crippen LogP contribution in [-0.4, -0.2) is 53.9 Å². The summed E-state index contributed by atoms with van der Waals surface area (Å²) in [6.07, 6.45) is 5.16. The minimum absolute atomic E-state index is 0.403. The molecule has 200 valence electrons. The number of aryl methyl sites for hydroxylation is 2. The maximum Gasteiger partial charge on any atom is 0.407 e. The van der Waals surface area contributed by atoms with Gasteiger partial charge in [-0.25, -0.2) is 14.8 Å².